The fraction of sp³-hybridized carbons (Fsp3) is 0.353. The molecule has 2 heterocycles. The number of halogens is 1. The predicted octanol–water partition coefficient (Wildman–Crippen LogP) is 3.37. The van der Waals surface area contributed by atoms with Crippen LogP contribution in [-0.2, 0) is 6.54 Å². The minimum atomic E-state index is 0.692. The molecule has 21 heavy (non-hydrogen) atoms. The smallest absolute Gasteiger partial charge is 0.128 e. The number of anilines is 1. The number of aryl methyl sites for hydroxylation is 1. The Morgan fingerprint density at radius 2 is 1.90 bits per heavy atom. The second-order valence-electron chi connectivity index (χ2n) is 5.59. The van der Waals surface area contributed by atoms with E-state index in [1.165, 1.54) is 11.1 Å². The van der Waals surface area contributed by atoms with Gasteiger partial charge in [-0.2, -0.15) is 0 Å². The minimum absolute atomic E-state index is 0.692. The molecule has 1 aliphatic rings. The number of hydrogen-bond donors (Lipinski definition) is 0. The Labute approximate surface area is 131 Å². The van der Waals surface area contributed by atoms with Crippen molar-refractivity contribution in [1.82, 2.24) is 9.88 Å². The number of benzene rings is 1. The standard InChI is InChI=1S/C17H20ClN3/c1-14-3-2-4-15(11-14)13-20-7-9-21(10-8-20)17-6-5-16(18)12-19-17/h2-6,11-12H,7-10,13H2,1H3. The number of pyridine rings is 1. The average Bonchev–Trinajstić information content (AvgIpc) is 2.49. The topological polar surface area (TPSA) is 19.4 Å². The first-order chi connectivity index (χ1) is 10.2. The summed E-state index contributed by atoms with van der Waals surface area (Å²) in [5, 5.41) is 0.692. The molecule has 1 aromatic heterocycles. The van der Waals surface area contributed by atoms with E-state index < -0.39 is 0 Å². The molecule has 0 aliphatic carbocycles. The van der Waals surface area contributed by atoms with Crippen molar-refractivity contribution in [3.8, 4) is 0 Å². The molecule has 1 aromatic carbocycles. The predicted molar refractivity (Wildman–Crippen MR) is 87.9 cm³/mol. The molecule has 0 bridgehead atoms. The molecule has 3 nitrogen and oxygen atoms in total. The van der Waals surface area contributed by atoms with Crippen LogP contribution >= 0.6 is 11.6 Å². The fourth-order valence-electron chi connectivity index (χ4n) is 2.76. The van der Waals surface area contributed by atoms with E-state index in [9.17, 15) is 0 Å². The summed E-state index contributed by atoms with van der Waals surface area (Å²) < 4.78 is 0. The normalized spacial score (nSPS) is 16.2. The molecule has 0 N–H and O–H groups in total. The maximum Gasteiger partial charge on any atom is 0.128 e. The van der Waals surface area contributed by atoms with Crippen LogP contribution in [0.5, 0.6) is 0 Å². The van der Waals surface area contributed by atoms with Gasteiger partial charge in [0.2, 0.25) is 0 Å². The summed E-state index contributed by atoms with van der Waals surface area (Å²) in [5.41, 5.74) is 2.73. The molecule has 2 aromatic rings. The summed E-state index contributed by atoms with van der Waals surface area (Å²) >= 11 is 5.89. The first-order valence-corrected chi connectivity index (χ1v) is 7.73. The Bertz CT molecular complexity index is 589. The second-order valence-corrected chi connectivity index (χ2v) is 6.02. The van der Waals surface area contributed by atoms with Crippen molar-refractivity contribution in [2.24, 2.45) is 0 Å². The van der Waals surface area contributed by atoms with E-state index >= 15 is 0 Å². The Balaban J connectivity index is 1.56. The van der Waals surface area contributed by atoms with E-state index in [1.54, 1.807) is 6.20 Å². The van der Waals surface area contributed by atoms with Crippen LogP contribution in [0.1, 0.15) is 11.1 Å². The number of hydrogen-bond acceptors (Lipinski definition) is 3. The lowest BCUT2D eigenvalue weighted by Gasteiger charge is -2.35. The zero-order valence-corrected chi connectivity index (χ0v) is 13.1. The van der Waals surface area contributed by atoms with Gasteiger partial charge in [-0.15, -0.1) is 0 Å². The summed E-state index contributed by atoms with van der Waals surface area (Å²) in [5.74, 6) is 1.02. The molecule has 3 rings (SSSR count). The Hall–Kier alpha value is -1.58. The van der Waals surface area contributed by atoms with Crippen molar-refractivity contribution >= 4 is 17.4 Å². The molecule has 0 atom stereocenters. The van der Waals surface area contributed by atoms with Crippen LogP contribution in [0.4, 0.5) is 5.82 Å². The summed E-state index contributed by atoms with van der Waals surface area (Å²) in [6, 6.07) is 12.7. The average molecular weight is 302 g/mol. The van der Waals surface area contributed by atoms with E-state index in [0.29, 0.717) is 5.02 Å². The molecular weight excluding hydrogens is 282 g/mol. The highest BCUT2D eigenvalue weighted by molar-refractivity contribution is 6.30. The molecule has 0 radical (unpaired) electrons. The summed E-state index contributed by atoms with van der Waals surface area (Å²) in [6.45, 7) is 7.34. The Morgan fingerprint density at radius 1 is 1.10 bits per heavy atom. The maximum atomic E-state index is 5.89. The highest BCUT2D eigenvalue weighted by atomic mass is 35.5. The quantitative estimate of drug-likeness (QED) is 0.866. The van der Waals surface area contributed by atoms with E-state index in [4.69, 9.17) is 11.6 Å². The number of piperazine rings is 1. The van der Waals surface area contributed by atoms with E-state index in [2.05, 4.69) is 46.0 Å². The van der Waals surface area contributed by atoms with Crippen LogP contribution < -0.4 is 4.90 Å². The first kappa shape index (κ1) is 14.4. The van der Waals surface area contributed by atoms with Gasteiger partial charge < -0.3 is 4.90 Å². The summed E-state index contributed by atoms with van der Waals surface area (Å²) in [4.78, 5) is 9.22. The van der Waals surface area contributed by atoms with Crippen molar-refractivity contribution < 1.29 is 0 Å². The third kappa shape index (κ3) is 3.74. The Morgan fingerprint density at radius 3 is 2.57 bits per heavy atom. The van der Waals surface area contributed by atoms with E-state index in [-0.39, 0.29) is 0 Å². The third-order valence-electron chi connectivity index (χ3n) is 3.90. The van der Waals surface area contributed by atoms with E-state index in [1.807, 2.05) is 12.1 Å². The van der Waals surface area contributed by atoms with Crippen LogP contribution in [0.25, 0.3) is 0 Å². The lowest BCUT2D eigenvalue weighted by atomic mass is 10.1. The van der Waals surface area contributed by atoms with Gasteiger partial charge in [-0.1, -0.05) is 41.4 Å². The second kappa shape index (κ2) is 6.46. The van der Waals surface area contributed by atoms with E-state index in [0.717, 1.165) is 38.5 Å². The van der Waals surface area contributed by atoms with Gasteiger partial charge in [-0.25, -0.2) is 4.98 Å². The van der Waals surface area contributed by atoms with Crippen LogP contribution in [0.2, 0.25) is 5.02 Å². The monoisotopic (exact) mass is 301 g/mol. The van der Waals surface area contributed by atoms with Gasteiger partial charge in [0.15, 0.2) is 0 Å². The molecule has 0 saturated carbocycles. The lowest BCUT2D eigenvalue weighted by molar-refractivity contribution is 0.249. The zero-order chi connectivity index (χ0) is 14.7. The highest BCUT2D eigenvalue weighted by Crippen LogP contribution is 2.17. The van der Waals surface area contributed by atoms with Gasteiger partial charge in [0, 0.05) is 38.9 Å². The van der Waals surface area contributed by atoms with Gasteiger partial charge in [-0.05, 0) is 24.6 Å². The molecule has 0 spiro atoms. The summed E-state index contributed by atoms with van der Waals surface area (Å²) in [7, 11) is 0. The van der Waals surface area contributed by atoms with Crippen molar-refractivity contribution in [1.29, 1.82) is 0 Å². The summed E-state index contributed by atoms with van der Waals surface area (Å²) in [6.07, 6.45) is 1.72. The Kier molecular flexibility index (Phi) is 4.42. The van der Waals surface area contributed by atoms with Crippen LogP contribution in [0, 0.1) is 6.92 Å². The number of aromatic nitrogens is 1. The maximum absolute atomic E-state index is 5.89. The first-order valence-electron chi connectivity index (χ1n) is 7.35. The molecular formula is C17H20ClN3. The molecule has 4 heteroatoms. The molecule has 1 saturated heterocycles. The van der Waals surface area contributed by atoms with Gasteiger partial charge in [-0.3, -0.25) is 4.90 Å². The van der Waals surface area contributed by atoms with Crippen molar-refractivity contribution in [2.45, 2.75) is 13.5 Å². The molecule has 1 aliphatic heterocycles. The largest absolute Gasteiger partial charge is 0.354 e. The van der Waals surface area contributed by atoms with Crippen molar-refractivity contribution in [2.75, 3.05) is 31.1 Å². The molecule has 1 fully saturated rings. The van der Waals surface area contributed by atoms with Crippen LogP contribution in [0.3, 0.4) is 0 Å². The fourth-order valence-corrected chi connectivity index (χ4v) is 2.87. The SMILES string of the molecule is Cc1cccc(CN2CCN(c3ccc(Cl)cn3)CC2)c1. The zero-order valence-electron chi connectivity index (χ0n) is 12.3. The number of rotatable bonds is 3. The van der Waals surface area contributed by atoms with Gasteiger partial charge in [0.05, 0.1) is 5.02 Å². The van der Waals surface area contributed by atoms with Gasteiger partial charge >= 0.3 is 0 Å². The van der Waals surface area contributed by atoms with Crippen molar-refractivity contribution in [3.05, 3.63) is 58.7 Å². The molecule has 110 valence electrons. The van der Waals surface area contributed by atoms with Crippen molar-refractivity contribution in [3.63, 3.8) is 0 Å². The minimum Gasteiger partial charge on any atom is -0.354 e. The van der Waals surface area contributed by atoms with Crippen LogP contribution in [0.15, 0.2) is 42.6 Å². The molecule has 0 amide bonds. The number of nitrogens with zero attached hydrogens (tertiary/aromatic N) is 3. The highest BCUT2D eigenvalue weighted by Gasteiger charge is 2.17. The van der Waals surface area contributed by atoms with Crippen LogP contribution in [-0.4, -0.2) is 36.1 Å². The van der Waals surface area contributed by atoms with Gasteiger partial charge in [0.25, 0.3) is 0 Å². The third-order valence-corrected chi connectivity index (χ3v) is 4.12. The lowest BCUT2D eigenvalue weighted by Crippen LogP contribution is -2.46. The molecule has 0 unspecified atom stereocenters. The van der Waals surface area contributed by atoms with Gasteiger partial charge in [0.1, 0.15) is 5.82 Å².